The molecule has 0 unspecified atom stereocenters. The van der Waals surface area contributed by atoms with E-state index in [0.717, 1.165) is 22.4 Å². The van der Waals surface area contributed by atoms with Gasteiger partial charge in [-0.1, -0.05) is 20.8 Å². The zero-order chi connectivity index (χ0) is 17.6. The van der Waals surface area contributed by atoms with Gasteiger partial charge in [0.05, 0.1) is 22.4 Å². The van der Waals surface area contributed by atoms with Crippen LogP contribution in [0, 0.1) is 6.92 Å². The van der Waals surface area contributed by atoms with E-state index in [4.69, 9.17) is 4.98 Å². The second-order valence-electron chi connectivity index (χ2n) is 8.15. The molecule has 4 nitrogen and oxygen atoms in total. The zero-order valence-electron chi connectivity index (χ0n) is 15.5. The molecule has 1 aromatic heterocycles. The Morgan fingerprint density at radius 2 is 1.61 bits per heavy atom. The summed E-state index contributed by atoms with van der Waals surface area (Å²) in [5.41, 5.74) is 3.86. The van der Waals surface area contributed by atoms with Gasteiger partial charge in [-0.05, 0) is 45.9 Å². The van der Waals surface area contributed by atoms with Crippen molar-refractivity contribution >= 4 is 16.9 Å². The predicted octanol–water partition coefficient (Wildman–Crippen LogP) is 4.11. The minimum atomic E-state index is -0.221. The summed E-state index contributed by atoms with van der Waals surface area (Å²) < 4.78 is 0. The van der Waals surface area contributed by atoms with Crippen molar-refractivity contribution in [3.8, 4) is 0 Å². The maximum Gasteiger partial charge on any atom is 0.254 e. The molecule has 0 radical (unpaired) electrons. The minimum Gasteiger partial charge on any atom is -0.337 e. The maximum absolute atomic E-state index is 12.7. The monoisotopic (exact) mass is 313 g/mol. The molecule has 4 heteroatoms. The molecule has 2 rings (SSSR count). The van der Waals surface area contributed by atoms with Crippen molar-refractivity contribution in [2.45, 2.75) is 59.4 Å². The van der Waals surface area contributed by atoms with E-state index in [2.05, 4.69) is 25.8 Å². The van der Waals surface area contributed by atoms with Gasteiger partial charge in [-0.25, -0.2) is 9.97 Å². The van der Waals surface area contributed by atoms with E-state index in [0.29, 0.717) is 5.56 Å². The van der Waals surface area contributed by atoms with Crippen molar-refractivity contribution in [1.82, 2.24) is 14.9 Å². The van der Waals surface area contributed by atoms with Crippen molar-refractivity contribution in [3.05, 3.63) is 35.2 Å². The van der Waals surface area contributed by atoms with Crippen LogP contribution in [0.5, 0.6) is 0 Å². The Bertz CT molecular complexity index is 752. The van der Waals surface area contributed by atoms with Gasteiger partial charge in [0, 0.05) is 23.6 Å². The Balaban J connectivity index is 2.54. The number of rotatable bonds is 1. The lowest BCUT2D eigenvalue weighted by molar-refractivity contribution is 0.0656. The van der Waals surface area contributed by atoms with E-state index in [1.807, 2.05) is 52.9 Å². The largest absolute Gasteiger partial charge is 0.337 e. The third-order valence-corrected chi connectivity index (χ3v) is 4.11. The molecule has 0 bridgehead atoms. The summed E-state index contributed by atoms with van der Waals surface area (Å²) in [6.45, 7) is 14.4. The van der Waals surface area contributed by atoms with E-state index in [9.17, 15) is 4.79 Å². The summed E-state index contributed by atoms with van der Waals surface area (Å²) in [4.78, 5) is 23.8. The standard InChI is InChI=1S/C19H27N3O/c1-12-16(18(2,3)4)21-15-11-13(9-10-14(15)20-12)17(23)22(8)19(5,6)7/h9-11H,1-8H3. The summed E-state index contributed by atoms with van der Waals surface area (Å²) in [7, 11) is 1.83. The summed E-state index contributed by atoms with van der Waals surface area (Å²) in [6, 6.07) is 5.56. The number of amides is 1. The maximum atomic E-state index is 12.7. The molecule has 0 aliphatic heterocycles. The predicted molar refractivity (Wildman–Crippen MR) is 94.8 cm³/mol. The van der Waals surface area contributed by atoms with Gasteiger partial charge in [0.25, 0.3) is 5.91 Å². The van der Waals surface area contributed by atoms with Crippen LogP contribution in [0.3, 0.4) is 0 Å². The van der Waals surface area contributed by atoms with Crippen LogP contribution in [0.25, 0.3) is 11.0 Å². The molecule has 124 valence electrons. The SMILES string of the molecule is Cc1nc2ccc(C(=O)N(C)C(C)(C)C)cc2nc1C(C)(C)C. The first-order chi connectivity index (χ1) is 10.4. The number of carbonyl (C=O) groups excluding carboxylic acids is 1. The molecule has 0 N–H and O–H groups in total. The third kappa shape index (κ3) is 3.52. The van der Waals surface area contributed by atoms with Crippen LogP contribution >= 0.6 is 0 Å². The highest BCUT2D eigenvalue weighted by atomic mass is 16.2. The molecule has 0 spiro atoms. The van der Waals surface area contributed by atoms with Gasteiger partial charge in [0.1, 0.15) is 0 Å². The first-order valence-corrected chi connectivity index (χ1v) is 7.98. The molecule has 0 saturated carbocycles. The normalized spacial score (nSPS) is 12.5. The van der Waals surface area contributed by atoms with Crippen LogP contribution in [-0.2, 0) is 5.41 Å². The molecule has 0 fully saturated rings. The number of fused-ring (bicyclic) bond motifs is 1. The summed E-state index contributed by atoms with van der Waals surface area (Å²) in [5.74, 6) is -0.000848. The quantitative estimate of drug-likeness (QED) is 0.796. The highest BCUT2D eigenvalue weighted by molar-refractivity contribution is 5.97. The van der Waals surface area contributed by atoms with Gasteiger partial charge in [-0.3, -0.25) is 4.79 Å². The number of aromatic nitrogens is 2. The average molecular weight is 313 g/mol. The second-order valence-corrected chi connectivity index (χ2v) is 8.15. The number of benzene rings is 1. The second kappa shape index (κ2) is 5.59. The molecule has 23 heavy (non-hydrogen) atoms. The summed E-state index contributed by atoms with van der Waals surface area (Å²) >= 11 is 0. The van der Waals surface area contributed by atoms with Crippen LogP contribution in [-0.4, -0.2) is 33.4 Å². The van der Waals surface area contributed by atoms with Crippen LogP contribution in [0.15, 0.2) is 18.2 Å². The number of hydrogen-bond donors (Lipinski definition) is 0. The van der Waals surface area contributed by atoms with Crippen molar-refractivity contribution in [2.24, 2.45) is 0 Å². The van der Waals surface area contributed by atoms with E-state index >= 15 is 0 Å². The molecule has 1 aromatic carbocycles. The lowest BCUT2D eigenvalue weighted by atomic mass is 9.90. The molecule has 1 heterocycles. The Kier molecular flexibility index (Phi) is 4.22. The lowest BCUT2D eigenvalue weighted by Gasteiger charge is -2.32. The highest BCUT2D eigenvalue weighted by Gasteiger charge is 2.24. The molecule has 1 amide bonds. The van der Waals surface area contributed by atoms with Gasteiger partial charge in [0.2, 0.25) is 0 Å². The Morgan fingerprint density at radius 1 is 1.00 bits per heavy atom. The molecular weight excluding hydrogens is 286 g/mol. The smallest absolute Gasteiger partial charge is 0.254 e. The fraction of sp³-hybridized carbons (Fsp3) is 0.526. The molecule has 0 aliphatic carbocycles. The summed E-state index contributed by atoms with van der Waals surface area (Å²) in [5, 5.41) is 0. The van der Waals surface area contributed by atoms with Crippen LogP contribution in [0.2, 0.25) is 0 Å². The summed E-state index contributed by atoms with van der Waals surface area (Å²) in [6.07, 6.45) is 0. The van der Waals surface area contributed by atoms with E-state index in [1.54, 1.807) is 4.90 Å². The van der Waals surface area contributed by atoms with Crippen LogP contribution in [0.1, 0.15) is 63.3 Å². The number of aryl methyl sites for hydroxylation is 1. The molecule has 2 aromatic rings. The van der Waals surface area contributed by atoms with Gasteiger partial charge < -0.3 is 4.90 Å². The average Bonchev–Trinajstić information content (AvgIpc) is 2.42. The van der Waals surface area contributed by atoms with Crippen LogP contribution in [0.4, 0.5) is 0 Å². The molecule has 0 saturated heterocycles. The fourth-order valence-electron chi connectivity index (χ4n) is 2.48. The minimum absolute atomic E-state index is 0.000848. The van der Waals surface area contributed by atoms with Gasteiger partial charge in [-0.15, -0.1) is 0 Å². The third-order valence-electron chi connectivity index (χ3n) is 4.11. The fourth-order valence-corrected chi connectivity index (χ4v) is 2.48. The van der Waals surface area contributed by atoms with E-state index < -0.39 is 0 Å². The Labute approximate surface area is 138 Å². The Morgan fingerprint density at radius 3 is 2.13 bits per heavy atom. The first-order valence-electron chi connectivity index (χ1n) is 7.98. The number of nitrogens with zero attached hydrogens (tertiary/aromatic N) is 3. The number of carbonyl (C=O) groups is 1. The van der Waals surface area contributed by atoms with Crippen molar-refractivity contribution in [1.29, 1.82) is 0 Å². The van der Waals surface area contributed by atoms with Crippen molar-refractivity contribution < 1.29 is 4.79 Å². The van der Waals surface area contributed by atoms with E-state index in [-0.39, 0.29) is 16.9 Å². The van der Waals surface area contributed by atoms with Gasteiger partial charge >= 0.3 is 0 Å². The lowest BCUT2D eigenvalue weighted by Crippen LogP contribution is -2.42. The van der Waals surface area contributed by atoms with Crippen molar-refractivity contribution in [3.63, 3.8) is 0 Å². The van der Waals surface area contributed by atoms with Gasteiger partial charge in [-0.2, -0.15) is 0 Å². The number of hydrogen-bond acceptors (Lipinski definition) is 3. The van der Waals surface area contributed by atoms with Crippen molar-refractivity contribution in [2.75, 3.05) is 7.05 Å². The Hall–Kier alpha value is -1.97. The zero-order valence-corrected chi connectivity index (χ0v) is 15.5. The van der Waals surface area contributed by atoms with Gasteiger partial charge in [0.15, 0.2) is 0 Å². The van der Waals surface area contributed by atoms with Crippen LogP contribution < -0.4 is 0 Å². The molecular formula is C19H27N3O. The topological polar surface area (TPSA) is 46.1 Å². The first kappa shape index (κ1) is 17.4. The molecule has 0 aliphatic rings. The molecule has 0 atom stereocenters. The van der Waals surface area contributed by atoms with E-state index in [1.165, 1.54) is 0 Å². The highest BCUT2D eigenvalue weighted by Crippen LogP contribution is 2.25.